The van der Waals surface area contributed by atoms with Crippen LogP contribution >= 0.6 is 23.6 Å². The van der Waals surface area contributed by atoms with E-state index in [0.29, 0.717) is 28.8 Å². The number of phenolic OH excluding ortho intramolecular Hbond substituents is 2. The number of anilines is 4. The number of hydrogen-bond donors (Lipinski definition) is 5. The van der Waals surface area contributed by atoms with Crippen LogP contribution in [0.25, 0.3) is 10.8 Å². The number of non-ortho nitro benzene ring substituents is 1. The third-order valence-corrected chi connectivity index (χ3v) is 8.31. The van der Waals surface area contributed by atoms with Crippen LogP contribution in [0.3, 0.4) is 0 Å². The second-order valence-electron chi connectivity index (χ2n) is 9.10. The van der Waals surface area contributed by atoms with Crippen molar-refractivity contribution in [1.29, 1.82) is 0 Å². The molecule has 0 bridgehead atoms. The molecule has 0 atom stereocenters. The summed E-state index contributed by atoms with van der Waals surface area (Å²) in [5.74, 6) is -0.770. The van der Waals surface area contributed by atoms with E-state index in [0.717, 1.165) is 23.6 Å². The molecule has 1 aromatic heterocycles. The molecule has 1 heterocycles. The van der Waals surface area contributed by atoms with E-state index in [1.165, 1.54) is 36.4 Å². The molecular formula is C27H19ClN8O9S2. The predicted molar refractivity (Wildman–Crippen MR) is 170 cm³/mol. The lowest BCUT2D eigenvalue weighted by Crippen LogP contribution is -2.04. The molecular weight excluding hydrogens is 680 g/mol. The molecule has 4 aromatic carbocycles. The van der Waals surface area contributed by atoms with Crippen molar-refractivity contribution in [2.45, 2.75) is 9.79 Å². The van der Waals surface area contributed by atoms with Gasteiger partial charge in [0.2, 0.25) is 17.2 Å². The van der Waals surface area contributed by atoms with Gasteiger partial charge in [0, 0.05) is 34.3 Å². The zero-order valence-corrected chi connectivity index (χ0v) is 25.7. The van der Waals surface area contributed by atoms with Crippen molar-refractivity contribution in [3.05, 3.63) is 94.1 Å². The van der Waals surface area contributed by atoms with E-state index in [1.54, 1.807) is 12.1 Å². The van der Waals surface area contributed by atoms with Crippen LogP contribution in [0.15, 0.2) is 98.7 Å². The Morgan fingerprint density at radius 2 is 1.64 bits per heavy atom. The number of nitrogens with one attached hydrogen (secondary N) is 2. The van der Waals surface area contributed by atoms with Crippen LogP contribution in [0.1, 0.15) is 0 Å². The van der Waals surface area contributed by atoms with Crippen LogP contribution in [0.2, 0.25) is 5.28 Å². The highest BCUT2D eigenvalue weighted by Gasteiger charge is 2.17. The SMILES string of the molecule is C=CS(=O)(=O)c1ccc(Nc2nc(Cl)nc(Nc3ccc4cc(SOOO)c(N=Nc5cc([N+](=O)[O-])ccc5O)c(O)c4c3)n2)cc1. The van der Waals surface area contributed by atoms with Crippen LogP contribution in [-0.2, 0) is 19.2 Å². The number of benzene rings is 4. The van der Waals surface area contributed by atoms with Crippen LogP contribution in [0.5, 0.6) is 11.5 Å². The number of phenols is 2. The van der Waals surface area contributed by atoms with E-state index in [1.807, 2.05) is 0 Å². The Bertz CT molecular complexity index is 2150. The smallest absolute Gasteiger partial charge is 0.271 e. The number of azo groups is 1. The van der Waals surface area contributed by atoms with Gasteiger partial charge in [-0.2, -0.15) is 15.0 Å². The summed E-state index contributed by atoms with van der Waals surface area (Å²) in [7, 11) is -3.61. The summed E-state index contributed by atoms with van der Waals surface area (Å²) in [5, 5.41) is 59.9. The van der Waals surface area contributed by atoms with Crippen molar-refractivity contribution < 1.29 is 38.2 Å². The molecule has 5 rings (SSSR count). The topological polar surface area (TPSA) is 244 Å². The van der Waals surface area contributed by atoms with Crippen LogP contribution < -0.4 is 10.6 Å². The normalized spacial score (nSPS) is 11.5. The summed E-state index contributed by atoms with van der Waals surface area (Å²) in [6, 6.07) is 15.2. The Kier molecular flexibility index (Phi) is 9.75. The fraction of sp³-hybridized carbons (Fsp3) is 0. The first-order valence-electron chi connectivity index (χ1n) is 12.7. The van der Waals surface area contributed by atoms with Crippen LogP contribution in [-0.4, -0.2) is 43.8 Å². The molecule has 47 heavy (non-hydrogen) atoms. The number of rotatable bonds is 12. The Balaban J connectivity index is 1.46. The quantitative estimate of drug-likeness (QED) is 0.0283. The minimum absolute atomic E-state index is 0.0129. The molecule has 5 N–H and O–H groups in total. The third kappa shape index (κ3) is 7.69. The van der Waals surface area contributed by atoms with Gasteiger partial charge in [0.1, 0.15) is 17.1 Å². The highest BCUT2D eigenvalue weighted by molar-refractivity contribution is 7.94. The molecule has 0 fully saturated rings. The lowest BCUT2D eigenvalue weighted by molar-refractivity contribution is -0.432. The summed E-state index contributed by atoms with van der Waals surface area (Å²) in [6.07, 6.45) is 0. The average Bonchev–Trinajstić information content (AvgIpc) is 3.04. The number of halogens is 1. The molecule has 5 aromatic rings. The molecule has 0 aliphatic heterocycles. The summed E-state index contributed by atoms with van der Waals surface area (Å²) in [4.78, 5) is 23.0. The summed E-state index contributed by atoms with van der Waals surface area (Å²) >= 11 is 6.60. The molecule has 0 spiro atoms. The molecule has 17 nitrogen and oxygen atoms in total. The fourth-order valence-electron chi connectivity index (χ4n) is 3.98. The maximum atomic E-state index is 12.0. The predicted octanol–water partition coefficient (Wildman–Crippen LogP) is 7.25. The van der Waals surface area contributed by atoms with E-state index in [2.05, 4.69) is 51.8 Å². The van der Waals surface area contributed by atoms with E-state index in [4.69, 9.17) is 16.9 Å². The monoisotopic (exact) mass is 698 g/mol. The minimum Gasteiger partial charge on any atom is -0.506 e. The highest BCUT2D eigenvalue weighted by Crippen LogP contribution is 2.45. The van der Waals surface area contributed by atoms with Gasteiger partial charge >= 0.3 is 0 Å². The number of aromatic hydroxyl groups is 2. The van der Waals surface area contributed by atoms with Crippen molar-refractivity contribution in [1.82, 2.24) is 15.0 Å². The third-order valence-electron chi connectivity index (χ3n) is 6.16. The van der Waals surface area contributed by atoms with Gasteiger partial charge in [0.25, 0.3) is 5.69 Å². The Morgan fingerprint density at radius 3 is 2.30 bits per heavy atom. The maximum absolute atomic E-state index is 12.0. The van der Waals surface area contributed by atoms with Crippen LogP contribution in [0.4, 0.5) is 40.3 Å². The number of fused-ring (bicyclic) bond motifs is 1. The Hall–Kier alpha value is -5.44. The molecule has 0 aliphatic rings. The standard InChI is InChI=1S/C27H19ClN8O9S2/c1-2-47(42,43)18-8-5-15(6-9-18)29-26-31-25(28)32-27(33-26)30-16-4-3-14-11-22(46-45-44-41)23(24(38)19(14)12-16)35-34-20-13-17(36(39)40)7-10-21(20)37/h2-13,37-38,41H,1H2,(H2,29,30,31,32,33). The van der Waals surface area contributed by atoms with Gasteiger partial charge in [-0.1, -0.05) is 17.7 Å². The van der Waals surface area contributed by atoms with Crippen molar-refractivity contribution in [3.8, 4) is 11.5 Å². The zero-order chi connectivity index (χ0) is 33.7. The molecule has 0 amide bonds. The van der Waals surface area contributed by atoms with Gasteiger partial charge in [-0.3, -0.25) is 10.1 Å². The number of sulfone groups is 1. The molecule has 240 valence electrons. The number of hydrogen-bond acceptors (Lipinski definition) is 17. The van der Waals surface area contributed by atoms with Crippen molar-refractivity contribution in [3.63, 3.8) is 0 Å². The van der Waals surface area contributed by atoms with Gasteiger partial charge < -0.3 is 20.8 Å². The molecule has 0 saturated heterocycles. The number of nitro benzene ring substituents is 1. The Labute approximate surface area is 273 Å². The van der Waals surface area contributed by atoms with E-state index >= 15 is 0 Å². The number of nitrogens with zero attached hydrogens (tertiary/aromatic N) is 6. The molecule has 20 heteroatoms. The van der Waals surface area contributed by atoms with Gasteiger partial charge in [-0.05, 0) is 65.5 Å². The van der Waals surface area contributed by atoms with Gasteiger partial charge in [-0.15, -0.1) is 14.6 Å². The van der Waals surface area contributed by atoms with Gasteiger partial charge in [0.05, 0.1) is 26.8 Å². The lowest BCUT2D eigenvalue weighted by Gasteiger charge is -2.12. The summed E-state index contributed by atoms with van der Waals surface area (Å²) in [5.41, 5.74) is 0.0498. The van der Waals surface area contributed by atoms with Gasteiger partial charge in [0.15, 0.2) is 15.6 Å². The van der Waals surface area contributed by atoms with E-state index < -0.39 is 26.3 Å². The lowest BCUT2D eigenvalue weighted by atomic mass is 10.1. The van der Waals surface area contributed by atoms with Crippen LogP contribution in [0, 0.1) is 10.1 Å². The minimum atomic E-state index is -3.61. The molecule has 0 unspecified atom stereocenters. The first-order valence-corrected chi connectivity index (χ1v) is 15.4. The zero-order valence-electron chi connectivity index (χ0n) is 23.3. The fourth-order valence-corrected chi connectivity index (χ4v) is 5.35. The Morgan fingerprint density at radius 1 is 0.957 bits per heavy atom. The average molecular weight is 699 g/mol. The first-order chi connectivity index (χ1) is 22.5. The largest absolute Gasteiger partial charge is 0.506 e. The second-order valence-corrected chi connectivity index (χ2v) is 12.1. The summed E-state index contributed by atoms with van der Waals surface area (Å²) < 4.78 is 28.5. The van der Waals surface area contributed by atoms with Crippen molar-refractivity contribution >= 4 is 84.6 Å². The van der Waals surface area contributed by atoms with Crippen molar-refractivity contribution in [2.75, 3.05) is 10.6 Å². The molecule has 0 radical (unpaired) electrons. The van der Waals surface area contributed by atoms with E-state index in [-0.39, 0.29) is 49.4 Å². The summed E-state index contributed by atoms with van der Waals surface area (Å²) in [6.45, 7) is 3.30. The first kappa shape index (κ1) is 32.9. The van der Waals surface area contributed by atoms with Crippen molar-refractivity contribution in [2.24, 2.45) is 10.2 Å². The highest BCUT2D eigenvalue weighted by atomic mass is 35.5. The molecule has 0 saturated carbocycles. The van der Waals surface area contributed by atoms with E-state index in [9.17, 15) is 28.7 Å². The van der Waals surface area contributed by atoms with Gasteiger partial charge in [-0.25, -0.2) is 13.7 Å². The number of aromatic nitrogens is 3. The number of nitro groups is 1. The second kappa shape index (κ2) is 13.9. The maximum Gasteiger partial charge on any atom is 0.271 e. The molecule has 0 aliphatic carbocycles.